The molecule has 0 spiro atoms. The zero-order valence-electron chi connectivity index (χ0n) is 10.1. The molecule has 1 unspecified atom stereocenters. The van der Waals surface area contributed by atoms with E-state index in [9.17, 15) is 9.59 Å². The first-order chi connectivity index (χ1) is 8.04. The number of likely N-dealkylation sites (N-methyl/N-ethyl adjacent to an activating group) is 1. The molecular formula is C12H14N2O3. The summed E-state index contributed by atoms with van der Waals surface area (Å²) in [6.07, 6.45) is 1.78. The molecule has 1 amide bonds. The van der Waals surface area contributed by atoms with Crippen molar-refractivity contribution in [1.29, 1.82) is 0 Å². The van der Waals surface area contributed by atoms with Gasteiger partial charge < -0.3 is 9.64 Å². The molecule has 90 valence electrons. The van der Waals surface area contributed by atoms with E-state index < -0.39 is 5.97 Å². The number of ether oxygens (including phenoxy) is 1. The van der Waals surface area contributed by atoms with Crippen LogP contribution < -0.4 is 0 Å². The van der Waals surface area contributed by atoms with E-state index in [-0.39, 0.29) is 18.4 Å². The molecule has 2 rings (SSSR count). The number of nitrogens with zero attached hydrogens (tertiary/aromatic N) is 2. The Morgan fingerprint density at radius 2 is 2.29 bits per heavy atom. The summed E-state index contributed by atoms with van der Waals surface area (Å²) in [7, 11) is 3.08. The fraction of sp³-hybridized carbons (Fsp3) is 0.417. The largest absolute Gasteiger partial charge is 0.465 e. The fourth-order valence-corrected chi connectivity index (χ4v) is 1.96. The van der Waals surface area contributed by atoms with Gasteiger partial charge in [-0.1, -0.05) is 0 Å². The number of pyridine rings is 1. The van der Waals surface area contributed by atoms with E-state index in [1.54, 1.807) is 18.0 Å². The van der Waals surface area contributed by atoms with Crippen LogP contribution in [0, 0.1) is 0 Å². The molecule has 0 radical (unpaired) electrons. The highest BCUT2D eigenvalue weighted by molar-refractivity contribution is 5.90. The summed E-state index contributed by atoms with van der Waals surface area (Å²) in [6.45, 7) is 1.92. The maximum atomic E-state index is 11.7. The Kier molecular flexibility index (Phi) is 2.83. The fourth-order valence-electron chi connectivity index (χ4n) is 1.96. The first-order valence-electron chi connectivity index (χ1n) is 5.37. The number of aromatic nitrogens is 1. The molecule has 1 aliphatic rings. The number of esters is 1. The van der Waals surface area contributed by atoms with Gasteiger partial charge in [0.1, 0.15) is 0 Å². The minimum Gasteiger partial charge on any atom is -0.465 e. The van der Waals surface area contributed by atoms with Crippen molar-refractivity contribution in [3.05, 3.63) is 29.1 Å². The molecule has 1 aromatic heterocycles. The summed E-state index contributed by atoms with van der Waals surface area (Å²) in [5.74, 6) is -0.395. The van der Waals surface area contributed by atoms with Gasteiger partial charge in [-0.15, -0.1) is 0 Å². The molecule has 0 N–H and O–H groups in total. The first-order valence-corrected chi connectivity index (χ1v) is 5.37. The van der Waals surface area contributed by atoms with Crippen molar-refractivity contribution >= 4 is 11.9 Å². The van der Waals surface area contributed by atoms with Crippen molar-refractivity contribution in [2.45, 2.75) is 19.4 Å². The van der Waals surface area contributed by atoms with Gasteiger partial charge in [0.25, 0.3) is 0 Å². The average molecular weight is 234 g/mol. The number of amides is 1. The molecular weight excluding hydrogens is 220 g/mol. The highest BCUT2D eigenvalue weighted by Crippen LogP contribution is 2.27. The van der Waals surface area contributed by atoms with Crippen molar-refractivity contribution in [3.8, 4) is 0 Å². The molecule has 0 aliphatic carbocycles. The lowest BCUT2D eigenvalue weighted by atomic mass is 9.97. The van der Waals surface area contributed by atoms with Crippen LogP contribution in [0.3, 0.4) is 0 Å². The lowest BCUT2D eigenvalue weighted by molar-refractivity contribution is -0.132. The van der Waals surface area contributed by atoms with Crippen LogP contribution in [0.5, 0.6) is 0 Å². The monoisotopic (exact) mass is 234 g/mol. The van der Waals surface area contributed by atoms with Gasteiger partial charge in [-0.3, -0.25) is 9.78 Å². The zero-order valence-corrected chi connectivity index (χ0v) is 10.1. The number of methoxy groups -OCH3 is 1. The molecule has 0 saturated carbocycles. The van der Waals surface area contributed by atoms with E-state index in [1.807, 2.05) is 6.92 Å². The van der Waals surface area contributed by atoms with Gasteiger partial charge >= 0.3 is 5.97 Å². The summed E-state index contributed by atoms with van der Waals surface area (Å²) >= 11 is 0. The van der Waals surface area contributed by atoms with E-state index in [4.69, 9.17) is 0 Å². The Bertz CT molecular complexity index is 485. The van der Waals surface area contributed by atoms with Crippen molar-refractivity contribution in [3.63, 3.8) is 0 Å². The van der Waals surface area contributed by atoms with Crippen LogP contribution in [0.1, 0.15) is 34.6 Å². The van der Waals surface area contributed by atoms with E-state index in [2.05, 4.69) is 9.72 Å². The molecule has 1 aliphatic heterocycles. The lowest BCUT2D eigenvalue weighted by Gasteiger charge is -2.31. The Morgan fingerprint density at radius 1 is 1.59 bits per heavy atom. The van der Waals surface area contributed by atoms with Crippen LogP contribution in [0.2, 0.25) is 0 Å². The summed E-state index contributed by atoms with van der Waals surface area (Å²) in [5, 5.41) is 0. The third-order valence-electron chi connectivity index (χ3n) is 3.13. The minimum atomic E-state index is -0.431. The Balaban J connectivity index is 2.44. The predicted octanol–water partition coefficient (Wildman–Crippen LogP) is 0.944. The van der Waals surface area contributed by atoms with Gasteiger partial charge in [0.15, 0.2) is 0 Å². The number of fused-ring (bicyclic) bond motifs is 1. The van der Waals surface area contributed by atoms with Gasteiger partial charge in [-0.2, -0.15) is 0 Å². The Labute approximate surface area is 99.4 Å². The van der Waals surface area contributed by atoms with Gasteiger partial charge in [0, 0.05) is 13.2 Å². The van der Waals surface area contributed by atoms with Crippen molar-refractivity contribution in [1.82, 2.24) is 9.88 Å². The normalized spacial score (nSPS) is 18.9. The van der Waals surface area contributed by atoms with Crippen molar-refractivity contribution in [2.24, 2.45) is 0 Å². The predicted molar refractivity (Wildman–Crippen MR) is 60.5 cm³/mol. The maximum absolute atomic E-state index is 11.7. The number of hydrogen-bond acceptors (Lipinski definition) is 4. The van der Waals surface area contributed by atoms with E-state index in [1.165, 1.54) is 13.3 Å². The van der Waals surface area contributed by atoms with Crippen LogP contribution in [0.15, 0.2) is 12.3 Å². The molecule has 1 atom stereocenters. The summed E-state index contributed by atoms with van der Waals surface area (Å²) in [6, 6.07) is 1.63. The first kappa shape index (κ1) is 11.6. The molecule has 5 nitrogen and oxygen atoms in total. The third kappa shape index (κ3) is 1.88. The number of carbonyl (C=O) groups excluding carboxylic acids is 2. The summed E-state index contributed by atoms with van der Waals surface area (Å²) in [5.41, 5.74) is 2.04. The number of carbonyl (C=O) groups is 2. The van der Waals surface area contributed by atoms with Gasteiger partial charge in [-0.25, -0.2) is 4.79 Å². The van der Waals surface area contributed by atoms with Gasteiger partial charge in [0.2, 0.25) is 5.91 Å². The molecule has 0 fully saturated rings. The SMILES string of the molecule is COC(=O)c1cnc2c(c1)CC(=O)N(C)C2C. The topological polar surface area (TPSA) is 59.5 Å². The third-order valence-corrected chi connectivity index (χ3v) is 3.13. The van der Waals surface area contributed by atoms with Crippen LogP contribution >= 0.6 is 0 Å². The van der Waals surface area contributed by atoms with E-state index >= 15 is 0 Å². The van der Waals surface area contributed by atoms with Gasteiger partial charge in [0.05, 0.1) is 30.8 Å². The van der Waals surface area contributed by atoms with Crippen molar-refractivity contribution < 1.29 is 14.3 Å². The Morgan fingerprint density at radius 3 is 2.94 bits per heavy atom. The Hall–Kier alpha value is -1.91. The molecule has 0 bridgehead atoms. The molecule has 0 saturated heterocycles. The standard InChI is InChI=1S/C12H14N2O3/c1-7-11-8(5-10(15)14(7)2)4-9(6-13-11)12(16)17-3/h4,6-7H,5H2,1-3H3. The zero-order chi connectivity index (χ0) is 12.6. The van der Waals surface area contributed by atoms with E-state index in [0.29, 0.717) is 5.56 Å². The quantitative estimate of drug-likeness (QED) is 0.679. The summed E-state index contributed by atoms with van der Waals surface area (Å²) in [4.78, 5) is 29.0. The minimum absolute atomic E-state index is 0.0359. The van der Waals surface area contributed by atoms with Crippen LogP contribution in [0.4, 0.5) is 0 Å². The number of hydrogen-bond donors (Lipinski definition) is 0. The smallest absolute Gasteiger partial charge is 0.339 e. The van der Waals surface area contributed by atoms with Crippen LogP contribution in [-0.4, -0.2) is 35.9 Å². The second-order valence-corrected chi connectivity index (χ2v) is 4.12. The average Bonchev–Trinajstić information content (AvgIpc) is 2.34. The molecule has 1 aromatic rings. The van der Waals surface area contributed by atoms with Crippen molar-refractivity contribution in [2.75, 3.05) is 14.2 Å². The molecule has 5 heteroatoms. The lowest BCUT2D eigenvalue weighted by Crippen LogP contribution is -2.36. The van der Waals surface area contributed by atoms with Gasteiger partial charge in [-0.05, 0) is 18.6 Å². The highest BCUT2D eigenvalue weighted by Gasteiger charge is 2.28. The number of rotatable bonds is 1. The van der Waals surface area contributed by atoms with Crippen LogP contribution in [-0.2, 0) is 16.0 Å². The highest BCUT2D eigenvalue weighted by atomic mass is 16.5. The summed E-state index contributed by atoms with van der Waals surface area (Å²) < 4.78 is 4.63. The van der Waals surface area contributed by atoms with Crippen LogP contribution in [0.25, 0.3) is 0 Å². The maximum Gasteiger partial charge on any atom is 0.339 e. The second kappa shape index (κ2) is 4.16. The molecule has 2 heterocycles. The van der Waals surface area contributed by atoms with E-state index in [0.717, 1.165) is 11.3 Å². The molecule has 17 heavy (non-hydrogen) atoms. The molecule has 0 aromatic carbocycles. The second-order valence-electron chi connectivity index (χ2n) is 4.12.